The van der Waals surface area contributed by atoms with Crippen LogP contribution in [0.4, 0.5) is 0 Å². The van der Waals surface area contributed by atoms with Crippen molar-refractivity contribution in [1.82, 2.24) is 0 Å². The van der Waals surface area contributed by atoms with Crippen molar-refractivity contribution in [2.24, 2.45) is 11.8 Å². The lowest BCUT2D eigenvalue weighted by Crippen LogP contribution is -2.50. The summed E-state index contributed by atoms with van der Waals surface area (Å²) < 4.78 is 33.4. The highest BCUT2D eigenvalue weighted by Gasteiger charge is 2.61. The minimum absolute atomic E-state index is 0.0536. The van der Waals surface area contributed by atoms with Crippen LogP contribution in [0.1, 0.15) is 40.5 Å². The predicted octanol–water partition coefficient (Wildman–Crippen LogP) is 1.33. The molecule has 0 aromatic heterocycles. The van der Waals surface area contributed by atoms with Gasteiger partial charge in [-0.05, 0) is 32.6 Å². The second-order valence-electron chi connectivity index (χ2n) is 5.30. The summed E-state index contributed by atoms with van der Waals surface area (Å²) in [7, 11) is -3.69. The maximum atomic E-state index is 12.5. The van der Waals surface area contributed by atoms with Crippen LogP contribution >= 0.6 is 0 Å². The second-order valence-corrected chi connectivity index (χ2v) is 7.84. The second kappa shape index (κ2) is 6.77. The zero-order chi connectivity index (χ0) is 16.3. The highest BCUT2D eigenvalue weighted by Crippen LogP contribution is 2.46. The summed E-state index contributed by atoms with van der Waals surface area (Å²) in [6.45, 7) is 6.85. The Balaban J connectivity index is 3.21. The van der Waals surface area contributed by atoms with E-state index in [4.69, 9.17) is 9.47 Å². The zero-order valence-corrected chi connectivity index (χ0v) is 13.9. The molecule has 122 valence electrons. The van der Waals surface area contributed by atoms with E-state index in [1.807, 2.05) is 0 Å². The number of hydrogen-bond donors (Lipinski definition) is 0. The van der Waals surface area contributed by atoms with Gasteiger partial charge in [-0.3, -0.25) is 9.59 Å². The van der Waals surface area contributed by atoms with Crippen LogP contribution in [0.25, 0.3) is 0 Å². The standard InChI is InChI=1S/C14H24O6S/c1-5-19-12(15)11-8-10(4)14(9-11,13(16)20-6-2)21(17,18)7-3/h10-11H,5-9H2,1-4H3/t10-,11-,14-/m0/s1. The summed E-state index contributed by atoms with van der Waals surface area (Å²) in [6, 6.07) is 0. The fourth-order valence-corrected chi connectivity index (χ4v) is 5.06. The van der Waals surface area contributed by atoms with Crippen LogP contribution < -0.4 is 0 Å². The molecule has 6 nitrogen and oxygen atoms in total. The van der Waals surface area contributed by atoms with Gasteiger partial charge in [-0.1, -0.05) is 13.8 Å². The zero-order valence-electron chi connectivity index (χ0n) is 13.0. The van der Waals surface area contributed by atoms with Gasteiger partial charge in [-0.25, -0.2) is 8.42 Å². The molecule has 7 heteroatoms. The van der Waals surface area contributed by atoms with E-state index in [2.05, 4.69) is 0 Å². The lowest BCUT2D eigenvalue weighted by Gasteiger charge is -2.30. The fourth-order valence-electron chi connectivity index (χ4n) is 3.06. The third kappa shape index (κ3) is 3.07. The minimum Gasteiger partial charge on any atom is -0.466 e. The summed E-state index contributed by atoms with van der Waals surface area (Å²) in [5, 5.41) is 0. The average Bonchev–Trinajstić information content (AvgIpc) is 2.79. The number of sulfone groups is 1. The number of carbonyl (C=O) groups is 2. The molecular weight excluding hydrogens is 296 g/mol. The highest BCUT2D eigenvalue weighted by atomic mass is 32.2. The van der Waals surface area contributed by atoms with Crippen molar-refractivity contribution >= 4 is 21.8 Å². The van der Waals surface area contributed by atoms with E-state index in [0.717, 1.165) is 0 Å². The van der Waals surface area contributed by atoms with E-state index in [-0.39, 0.29) is 25.4 Å². The predicted molar refractivity (Wildman–Crippen MR) is 77.3 cm³/mol. The first-order chi connectivity index (χ1) is 9.76. The molecule has 0 aromatic rings. The molecule has 0 N–H and O–H groups in total. The molecule has 0 bridgehead atoms. The molecule has 0 spiro atoms. The van der Waals surface area contributed by atoms with Crippen molar-refractivity contribution in [3.8, 4) is 0 Å². The molecule has 0 aromatic carbocycles. The van der Waals surface area contributed by atoms with Crippen LogP contribution in [0.3, 0.4) is 0 Å². The van der Waals surface area contributed by atoms with Crippen LogP contribution in [0, 0.1) is 11.8 Å². The highest BCUT2D eigenvalue weighted by molar-refractivity contribution is 7.93. The van der Waals surface area contributed by atoms with Crippen LogP contribution in [-0.2, 0) is 28.9 Å². The third-order valence-electron chi connectivity index (χ3n) is 4.16. The molecule has 0 heterocycles. The minimum atomic E-state index is -3.69. The van der Waals surface area contributed by atoms with E-state index >= 15 is 0 Å². The number of rotatable bonds is 6. The summed E-state index contributed by atoms with van der Waals surface area (Å²) in [4.78, 5) is 24.3. The monoisotopic (exact) mass is 320 g/mol. The largest absolute Gasteiger partial charge is 0.466 e. The Bertz CT molecular complexity index is 498. The maximum absolute atomic E-state index is 12.5. The molecule has 0 aliphatic heterocycles. The van der Waals surface area contributed by atoms with Gasteiger partial charge in [0.2, 0.25) is 0 Å². The van der Waals surface area contributed by atoms with Crippen molar-refractivity contribution in [3.05, 3.63) is 0 Å². The number of ether oxygens (including phenoxy) is 2. The van der Waals surface area contributed by atoms with Gasteiger partial charge in [0.25, 0.3) is 0 Å². The van der Waals surface area contributed by atoms with Crippen molar-refractivity contribution in [2.45, 2.75) is 45.3 Å². The van der Waals surface area contributed by atoms with Gasteiger partial charge >= 0.3 is 11.9 Å². The number of carbonyl (C=O) groups excluding carboxylic acids is 2. The summed E-state index contributed by atoms with van der Waals surface area (Å²) in [5.41, 5.74) is 0. The van der Waals surface area contributed by atoms with Crippen molar-refractivity contribution in [3.63, 3.8) is 0 Å². The van der Waals surface area contributed by atoms with Gasteiger partial charge < -0.3 is 9.47 Å². The Kier molecular flexibility index (Phi) is 5.78. The lowest BCUT2D eigenvalue weighted by molar-refractivity contribution is -0.148. The van der Waals surface area contributed by atoms with E-state index < -0.39 is 38.4 Å². The fraction of sp³-hybridized carbons (Fsp3) is 0.857. The Hall–Kier alpha value is -1.11. The van der Waals surface area contributed by atoms with Crippen LogP contribution in [0.2, 0.25) is 0 Å². The molecular formula is C14H24O6S. The van der Waals surface area contributed by atoms with E-state index in [9.17, 15) is 18.0 Å². The summed E-state index contributed by atoms with van der Waals surface area (Å²) in [6.07, 6.45) is 0.263. The molecule has 0 radical (unpaired) electrons. The average molecular weight is 320 g/mol. The van der Waals surface area contributed by atoms with Gasteiger partial charge in [0, 0.05) is 5.75 Å². The first kappa shape index (κ1) is 17.9. The topological polar surface area (TPSA) is 86.7 Å². The smallest absolute Gasteiger partial charge is 0.327 e. The quantitative estimate of drug-likeness (QED) is 0.686. The Morgan fingerprint density at radius 1 is 1.14 bits per heavy atom. The van der Waals surface area contributed by atoms with Crippen LogP contribution in [-0.4, -0.2) is 44.1 Å². The normalized spacial score (nSPS) is 29.1. The molecule has 1 aliphatic rings. The molecule has 0 unspecified atom stereocenters. The van der Waals surface area contributed by atoms with E-state index in [1.165, 1.54) is 6.92 Å². The van der Waals surface area contributed by atoms with Crippen molar-refractivity contribution in [1.29, 1.82) is 0 Å². The Morgan fingerprint density at radius 3 is 2.19 bits per heavy atom. The lowest BCUT2D eigenvalue weighted by atomic mass is 9.97. The third-order valence-corrected chi connectivity index (χ3v) is 6.77. The van der Waals surface area contributed by atoms with Gasteiger partial charge in [-0.2, -0.15) is 0 Å². The first-order valence-electron chi connectivity index (χ1n) is 7.32. The Morgan fingerprint density at radius 2 is 1.71 bits per heavy atom. The maximum Gasteiger partial charge on any atom is 0.327 e. The molecule has 21 heavy (non-hydrogen) atoms. The molecule has 1 rings (SSSR count). The molecule has 1 fully saturated rings. The number of hydrogen-bond acceptors (Lipinski definition) is 6. The molecule has 1 saturated carbocycles. The Labute approximate surface area is 126 Å². The molecule has 3 atom stereocenters. The SMILES string of the molecule is CCOC(=O)[C@H]1C[C@H](C)[C@@](C(=O)OCC)(S(=O)(=O)CC)C1. The van der Waals surface area contributed by atoms with Crippen LogP contribution in [0.15, 0.2) is 0 Å². The van der Waals surface area contributed by atoms with Crippen molar-refractivity contribution < 1.29 is 27.5 Å². The van der Waals surface area contributed by atoms with Crippen LogP contribution in [0.5, 0.6) is 0 Å². The van der Waals surface area contributed by atoms with E-state index in [0.29, 0.717) is 6.42 Å². The summed E-state index contributed by atoms with van der Waals surface area (Å²) >= 11 is 0. The van der Waals surface area contributed by atoms with Gasteiger partial charge in [0.15, 0.2) is 14.6 Å². The van der Waals surface area contributed by atoms with Crippen molar-refractivity contribution in [2.75, 3.05) is 19.0 Å². The van der Waals surface area contributed by atoms with Gasteiger partial charge in [0.1, 0.15) is 0 Å². The molecule has 0 amide bonds. The number of esters is 2. The van der Waals surface area contributed by atoms with E-state index in [1.54, 1.807) is 20.8 Å². The first-order valence-corrected chi connectivity index (χ1v) is 8.98. The van der Waals surface area contributed by atoms with Gasteiger partial charge in [-0.15, -0.1) is 0 Å². The summed E-state index contributed by atoms with van der Waals surface area (Å²) in [5.74, 6) is -2.40. The van der Waals surface area contributed by atoms with Gasteiger partial charge in [0.05, 0.1) is 19.1 Å². The molecule has 0 saturated heterocycles. The molecule has 1 aliphatic carbocycles.